The highest BCUT2D eigenvalue weighted by molar-refractivity contribution is 5.93. The molecular formula is C17H23N3O. The van der Waals surface area contributed by atoms with Gasteiger partial charge in [0.25, 0.3) is 0 Å². The summed E-state index contributed by atoms with van der Waals surface area (Å²) in [6.45, 7) is 3.05. The average Bonchev–Trinajstić information content (AvgIpc) is 2.95. The first-order valence-corrected chi connectivity index (χ1v) is 7.64. The lowest BCUT2D eigenvalue weighted by molar-refractivity contribution is 0.142. The van der Waals surface area contributed by atoms with E-state index in [1.807, 2.05) is 25.1 Å². The molecule has 3 rings (SSSR count). The van der Waals surface area contributed by atoms with E-state index in [0.29, 0.717) is 0 Å². The number of benzene rings is 1. The van der Waals surface area contributed by atoms with Gasteiger partial charge in [0, 0.05) is 34.4 Å². The van der Waals surface area contributed by atoms with E-state index in [1.54, 1.807) is 0 Å². The van der Waals surface area contributed by atoms with Crippen LogP contribution in [0, 0.1) is 12.3 Å². The zero-order valence-electron chi connectivity index (χ0n) is 12.5. The Hall–Kier alpha value is -1.81. The van der Waals surface area contributed by atoms with Crippen LogP contribution in [0.4, 0.5) is 11.4 Å². The van der Waals surface area contributed by atoms with Crippen LogP contribution < -0.4 is 11.1 Å². The van der Waals surface area contributed by atoms with E-state index in [9.17, 15) is 5.11 Å². The monoisotopic (exact) mass is 285 g/mol. The highest BCUT2D eigenvalue weighted by atomic mass is 16.3. The Bertz CT molecular complexity index is 648. The first-order valence-electron chi connectivity index (χ1n) is 7.64. The number of nitrogens with one attached hydrogen (secondary N) is 1. The molecule has 1 aromatic heterocycles. The van der Waals surface area contributed by atoms with Crippen LogP contribution in [0.3, 0.4) is 0 Å². The lowest BCUT2D eigenvalue weighted by atomic mass is 9.87. The van der Waals surface area contributed by atoms with Crippen molar-refractivity contribution < 1.29 is 5.11 Å². The number of fused-ring (bicyclic) bond motifs is 1. The fourth-order valence-electron chi connectivity index (χ4n) is 3.32. The summed E-state index contributed by atoms with van der Waals surface area (Å²) in [4.78, 5) is 4.55. The standard InChI is InChI=1S/C17H23N3O/c1-12-8-16(14-9-13(18)4-5-15(14)20-12)19-10-17(11-21)6-2-3-7-17/h4-5,8-9,21H,2-3,6-7,10-11,18H2,1H3,(H,19,20). The third-order valence-electron chi connectivity index (χ3n) is 4.61. The molecule has 0 atom stereocenters. The van der Waals surface area contributed by atoms with E-state index >= 15 is 0 Å². The van der Waals surface area contributed by atoms with Crippen molar-refractivity contribution in [3.05, 3.63) is 30.0 Å². The third kappa shape index (κ3) is 2.81. The van der Waals surface area contributed by atoms with E-state index in [2.05, 4.69) is 16.4 Å². The zero-order chi connectivity index (χ0) is 14.9. The molecule has 1 aromatic carbocycles. The van der Waals surface area contributed by atoms with Gasteiger partial charge in [-0.3, -0.25) is 4.98 Å². The van der Waals surface area contributed by atoms with Crippen LogP contribution in [0.25, 0.3) is 10.9 Å². The normalized spacial score (nSPS) is 17.2. The Morgan fingerprint density at radius 3 is 2.76 bits per heavy atom. The molecule has 0 bridgehead atoms. The third-order valence-corrected chi connectivity index (χ3v) is 4.61. The van der Waals surface area contributed by atoms with E-state index in [4.69, 9.17) is 5.73 Å². The van der Waals surface area contributed by atoms with Gasteiger partial charge in [0.05, 0.1) is 12.1 Å². The van der Waals surface area contributed by atoms with Crippen LogP contribution in [0.5, 0.6) is 0 Å². The van der Waals surface area contributed by atoms with Gasteiger partial charge >= 0.3 is 0 Å². The number of aliphatic hydroxyl groups is 1. The Kier molecular flexibility index (Phi) is 3.72. The fourth-order valence-corrected chi connectivity index (χ4v) is 3.32. The maximum Gasteiger partial charge on any atom is 0.0727 e. The number of hydrogen-bond acceptors (Lipinski definition) is 4. The Morgan fingerprint density at radius 2 is 2.05 bits per heavy atom. The highest BCUT2D eigenvalue weighted by Crippen LogP contribution is 2.38. The van der Waals surface area contributed by atoms with Crippen molar-refractivity contribution in [1.29, 1.82) is 0 Å². The number of pyridine rings is 1. The molecule has 0 unspecified atom stereocenters. The first-order chi connectivity index (χ1) is 10.1. The maximum absolute atomic E-state index is 9.73. The number of nitrogens with two attached hydrogens (primary N) is 1. The van der Waals surface area contributed by atoms with Crippen molar-refractivity contribution in [2.24, 2.45) is 5.41 Å². The molecule has 2 aromatic rings. The van der Waals surface area contributed by atoms with Crippen LogP contribution >= 0.6 is 0 Å². The van der Waals surface area contributed by atoms with Crippen molar-refractivity contribution in [3.63, 3.8) is 0 Å². The van der Waals surface area contributed by atoms with Crippen molar-refractivity contribution in [2.45, 2.75) is 32.6 Å². The molecule has 0 amide bonds. The van der Waals surface area contributed by atoms with E-state index in [-0.39, 0.29) is 12.0 Å². The molecule has 1 saturated carbocycles. The lowest BCUT2D eigenvalue weighted by Gasteiger charge is -2.27. The molecule has 1 aliphatic rings. The second-order valence-electron chi connectivity index (χ2n) is 6.31. The largest absolute Gasteiger partial charge is 0.399 e. The second-order valence-corrected chi connectivity index (χ2v) is 6.31. The Balaban J connectivity index is 1.91. The summed E-state index contributed by atoms with van der Waals surface area (Å²) in [5.41, 5.74) is 9.68. The summed E-state index contributed by atoms with van der Waals surface area (Å²) in [6.07, 6.45) is 4.62. The van der Waals surface area contributed by atoms with Gasteiger partial charge in [-0.05, 0) is 44.0 Å². The quantitative estimate of drug-likeness (QED) is 0.755. The Labute approximate surface area is 125 Å². The number of aryl methyl sites for hydroxylation is 1. The number of aromatic nitrogens is 1. The van der Waals surface area contributed by atoms with Crippen LogP contribution in [-0.4, -0.2) is 23.2 Å². The first kappa shape index (κ1) is 14.1. The highest BCUT2D eigenvalue weighted by Gasteiger charge is 2.33. The van der Waals surface area contributed by atoms with Gasteiger partial charge in [0.15, 0.2) is 0 Å². The van der Waals surface area contributed by atoms with Crippen molar-refractivity contribution in [1.82, 2.24) is 4.98 Å². The zero-order valence-corrected chi connectivity index (χ0v) is 12.5. The minimum atomic E-state index is 0.0316. The number of aliphatic hydroxyl groups excluding tert-OH is 1. The maximum atomic E-state index is 9.73. The molecule has 4 heteroatoms. The van der Waals surface area contributed by atoms with Crippen LogP contribution in [-0.2, 0) is 0 Å². The molecule has 0 aliphatic heterocycles. The fraction of sp³-hybridized carbons (Fsp3) is 0.471. The molecular weight excluding hydrogens is 262 g/mol. The summed E-state index contributed by atoms with van der Waals surface area (Å²) in [6, 6.07) is 7.86. The van der Waals surface area contributed by atoms with Gasteiger partial charge in [-0.25, -0.2) is 0 Å². The van der Waals surface area contributed by atoms with Crippen LogP contribution in [0.2, 0.25) is 0 Å². The summed E-state index contributed by atoms with van der Waals surface area (Å²) in [7, 11) is 0. The Morgan fingerprint density at radius 1 is 1.29 bits per heavy atom. The molecule has 4 nitrogen and oxygen atoms in total. The SMILES string of the molecule is Cc1cc(NCC2(CO)CCCC2)c2cc(N)ccc2n1. The minimum absolute atomic E-state index is 0.0316. The molecule has 4 N–H and O–H groups in total. The lowest BCUT2D eigenvalue weighted by Crippen LogP contribution is -2.30. The molecule has 1 fully saturated rings. The predicted molar refractivity (Wildman–Crippen MR) is 87.4 cm³/mol. The van der Waals surface area contributed by atoms with Crippen molar-refractivity contribution >= 4 is 22.3 Å². The van der Waals surface area contributed by atoms with Gasteiger partial charge < -0.3 is 16.2 Å². The van der Waals surface area contributed by atoms with Gasteiger partial charge in [-0.15, -0.1) is 0 Å². The molecule has 1 aliphatic carbocycles. The van der Waals surface area contributed by atoms with Crippen LogP contribution in [0.15, 0.2) is 24.3 Å². The average molecular weight is 285 g/mol. The summed E-state index contributed by atoms with van der Waals surface area (Å²) < 4.78 is 0. The molecule has 21 heavy (non-hydrogen) atoms. The molecule has 112 valence electrons. The van der Waals surface area contributed by atoms with Crippen molar-refractivity contribution in [3.8, 4) is 0 Å². The minimum Gasteiger partial charge on any atom is -0.399 e. The van der Waals surface area contributed by atoms with Gasteiger partial charge in [0.1, 0.15) is 0 Å². The van der Waals surface area contributed by atoms with Crippen molar-refractivity contribution in [2.75, 3.05) is 24.2 Å². The predicted octanol–water partition coefficient (Wildman–Crippen LogP) is 3.09. The molecule has 1 heterocycles. The van der Waals surface area contributed by atoms with Crippen LogP contribution in [0.1, 0.15) is 31.4 Å². The topological polar surface area (TPSA) is 71.2 Å². The number of anilines is 2. The molecule has 0 radical (unpaired) electrons. The summed E-state index contributed by atoms with van der Waals surface area (Å²) >= 11 is 0. The van der Waals surface area contributed by atoms with E-state index < -0.39 is 0 Å². The summed E-state index contributed by atoms with van der Waals surface area (Å²) in [5, 5.41) is 14.3. The number of nitrogen functional groups attached to an aromatic ring is 1. The number of nitrogens with zero attached hydrogens (tertiary/aromatic N) is 1. The second kappa shape index (κ2) is 5.53. The van der Waals surface area contributed by atoms with Gasteiger partial charge in [0.2, 0.25) is 0 Å². The van der Waals surface area contributed by atoms with Gasteiger partial charge in [-0.2, -0.15) is 0 Å². The number of rotatable bonds is 4. The summed E-state index contributed by atoms with van der Waals surface area (Å²) in [5.74, 6) is 0. The number of hydrogen-bond donors (Lipinski definition) is 3. The molecule has 0 spiro atoms. The van der Waals surface area contributed by atoms with E-state index in [1.165, 1.54) is 12.8 Å². The smallest absolute Gasteiger partial charge is 0.0727 e. The van der Waals surface area contributed by atoms with Gasteiger partial charge in [-0.1, -0.05) is 12.8 Å². The molecule has 0 saturated heterocycles. The van der Waals surface area contributed by atoms with E-state index in [0.717, 1.165) is 47.4 Å².